The van der Waals surface area contributed by atoms with Crippen molar-refractivity contribution in [1.29, 1.82) is 0 Å². The van der Waals surface area contributed by atoms with Gasteiger partial charge in [0.25, 0.3) is 0 Å². The van der Waals surface area contributed by atoms with Crippen LogP contribution in [0.3, 0.4) is 0 Å². The van der Waals surface area contributed by atoms with Gasteiger partial charge in [0.2, 0.25) is 5.95 Å². The van der Waals surface area contributed by atoms with Gasteiger partial charge in [-0.1, -0.05) is 41.7 Å². The van der Waals surface area contributed by atoms with Gasteiger partial charge in [-0.2, -0.15) is 4.98 Å². The Balaban J connectivity index is 1.81. The summed E-state index contributed by atoms with van der Waals surface area (Å²) in [5.41, 5.74) is 17.1. The van der Waals surface area contributed by atoms with Crippen molar-refractivity contribution in [3.8, 4) is 17.5 Å². The van der Waals surface area contributed by atoms with E-state index in [4.69, 9.17) is 11.5 Å². The van der Waals surface area contributed by atoms with Gasteiger partial charge >= 0.3 is 0 Å². The molecule has 0 unspecified atom stereocenters. The Hall–Kier alpha value is -3.40. The first kappa shape index (κ1) is 17.4. The highest BCUT2D eigenvalue weighted by Crippen LogP contribution is 2.16. The zero-order chi connectivity index (χ0) is 18.7. The second-order valence-corrected chi connectivity index (χ2v) is 6.07. The molecular weight excluding hydrogens is 326 g/mol. The Morgan fingerprint density at radius 1 is 1.15 bits per heavy atom. The molecular formula is C19H21N7. The summed E-state index contributed by atoms with van der Waals surface area (Å²) in [6.45, 7) is 6.10. The molecule has 4 N–H and O–H groups in total. The van der Waals surface area contributed by atoms with E-state index in [1.807, 2.05) is 19.2 Å². The number of nitrogens with zero attached hydrogens (tertiary/aromatic N) is 5. The van der Waals surface area contributed by atoms with Crippen LogP contribution in [0.1, 0.15) is 35.0 Å². The van der Waals surface area contributed by atoms with Crippen molar-refractivity contribution in [1.82, 2.24) is 25.0 Å². The highest BCUT2D eigenvalue weighted by atomic mass is 15.4. The van der Waals surface area contributed by atoms with Crippen LogP contribution in [0.5, 0.6) is 0 Å². The topological polar surface area (TPSA) is 109 Å². The van der Waals surface area contributed by atoms with Crippen LogP contribution in [0.4, 0.5) is 11.8 Å². The molecule has 3 aromatic rings. The van der Waals surface area contributed by atoms with Crippen molar-refractivity contribution in [2.45, 2.75) is 33.6 Å². The van der Waals surface area contributed by atoms with E-state index in [1.54, 1.807) is 4.68 Å². The predicted octanol–water partition coefficient (Wildman–Crippen LogP) is 2.00. The van der Waals surface area contributed by atoms with Gasteiger partial charge in [-0.25, -0.2) is 9.67 Å². The number of benzene rings is 1. The molecule has 0 atom stereocenters. The van der Waals surface area contributed by atoms with Gasteiger partial charge in [-0.15, -0.1) is 5.10 Å². The van der Waals surface area contributed by atoms with Crippen molar-refractivity contribution < 1.29 is 0 Å². The van der Waals surface area contributed by atoms with Gasteiger partial charge < -0.3 is 11.5 Å². The van der Waals surface area contributed by atoms with E-state index in [1.165, 1.54) is 5.56 Å². The summed E-state index contributed by atoms with van der Waals surface area (Å²) in [5, 5.41) is 8.39. The van der Waals surface area contributed by atoms with Gasteiger partial charge in [0, 0.05) is 0 Å². The standard InChI is InChI=1S/C19H21N7/c1-4-16-15(18(20)23-19(21)22-16)7-5-6-14-11-26(25-24-14)17-9-8-12(2)10-13(17)3/h8-11H,4,6H2,1-3H3,(H4,20,21,22,23). The van der Waals surface area contributed by atoms with Crippen LogP contribution >= 0.6 is 0 Å². The first-order valence-electron chi connectivity index (χ1n) is 8.37. The van der Waals surface area contributed by atoms with E-state index < -0.39 is 0 Å². The maximum absolute atomic E-state index is 5.92. The van der Waals surface area contributed by atoms with Gasteiger partial charge in [0.1, 0.15) is 5.82 Å². The number of hydrogen-bond donors (Lipinski definition) is 2. The molecule has 0 radical (unpaired) electrons. The van der Waals surface area contributed by atoms with Crippen molar-refractivity contribution in [3.63, 3.8) is 0 Å². The summed E-state index contributed by atoms with van der Waals surface area (Å²) in [4.78, 5) is 8.17. The molecule has 0 bridgehead atoms. The maximum Gasteiger partial charge on any atom is 0.222 e. The second kappa shape index (κ2) is 7.23. The lowest BCUT2D eigenvalue weighted by molar-refractivity contribution is 0.795. The fraction of sp³-hybridized carbons (Fsp3) is 0.263. The number of rotatable bonds is 3. The normalized spacial score (nSPS) is 10.4. The number of nitrogen functional groups attached to an aromatic ring is 2. The second-order valence-electron chi connectivity index (χ2n) is 6.07. The van der Waals surface area contributed by atoms with Gasteiger partial charge in [-0.05, 0) is 31.9 Å². The van der Waals surface area contributed by atoms with Crippen molar-refractivity contribution >= 4 is 11.8 Å². The molecule has 0 aliphatic heterocycles. The van der Waals surface area contributed by atoms with E-state index in [0.29, 0.717) is 24.2 Å². The molecule has 7 nitrogen and oxygen atoms in total. The van der Waals surface area contributed by atoms with Crippen LogP contribution < -0.4 is 11.5 Å². The summed E-state index contributed by atoms with van der Waals surface area (Å²) >= 11 is 0. The van der Waals surface area contributed by atoms with Crippen molar-refractivity contribution in [3.05, 3.63) is 52.5 Å². The van der Waals surface area contributed by atoms with Crippen LogP contribution in [-0.4, -0.2) is 25.0 Å². The van der Waals surface area contributed by atoms with Gasteiger partial charge in [0.15, 0.2) is 0 Å². The summed E-state index contributed by atoms with van der Waals surface area (Å²) in [6.07, 6.45) is 3.03. The summed E-state index contributed by atoms with van der Waals surface area (Å²) < 4.78 is 1.77. The SMILES string of the molecule is CCc1nc(N)nc(N)c1C#CCc1cn(-c2ccc(C)cc2C)nn1. The first-order valence-corrected chi connectivity index (χ1v) is 8.37. The minimum Gasteiger partial charge on any atom is -0.382 e. The average Bonchev–Trinajstić information content (AvgIpc) is 3.05. The number of nitrogens with two attached hydrogens (primary N) is 2. The van der Waals surface area contributed by atoms with E-state index >= 15 is 0 Å². The molecule has 0 amide bonds. The predicted molar refractivity (Wildman–Crippen MR) is 102 cm³/mol. The summed E-state index contributed by atoms with van der Waals surface area (Å²) in [7, 11) is 0. The molecule has 2 aromatic heterocycles. The third-order valence-electron chi connectivity index (χ3n) is 3.99. The average molecular weight is 347 g/mol. The van der Waals surface area contributed by atoms with Crippen molar-refractivity contribution in [2.24, 2.45) is 0 Å². The number of aryl methyl sites for hydroxylation is 3. The molecule has 0 aliphatic carbocycles. The minimum absolute atomic E-state index is 0.168. The van der Waals surface area contributed by atoms with E-state index in [-0.39, 0.29) is 5.95 Å². The molecule has 0 fully saturated rings. The monoisotopic (exact) mass is 347 g/mol. The van der Waals surface area contributed by atoms with E-state index in [9.17, 15) is 0 Å². The maximum atomic E-state index is 5.92. The lowest BCUT2D eigenvalue weighted by Gasteiger charge is -2.05. The highest BCUT2D eigenvalue weighted by Gasteiger charge is 2.08. The first-order chi connectivity index (χ1) is 12.5. The Labute approximate surface area is 152 Å². The third-order valence-corrected chi connectivity index (χ3v) is 3.99. The number of anilines is 2. The van der Waals surface area contributed by atoms with Crippen LogP contribution in [0.25, 0.3) is 5.69 Å². The summed E-state index contributed by atoms with van der Waals surface area (Å²) in [6, 6.07) is 6.21. The zero-order valence-corrected chi connectivity index (χ0v) is 15.1. The Kier molecular flexibility index (Phi) is 4.85. The zero-order valence-electron chi connectivity index (χ0n) is 15.1. The number of aromatic nitrogens is 5. The molecule has 3 rings (SSSR count). The Morgan fingerprint density at radius 3 is 2.69 bits per heavy atom. The van der Waals surface area contributed by atoms with Crippen LogP contribution in [0.15, 0.2) is 24.4 Å². The molecule has 0 spiro atoms. The molecule has 2 heterocycles. The lowest BCUT2D eigenvalue weighted by atomic mass is 10.1. The molecule has 0 saturated carbocycles. The third kappa shape index (κ3) is 3.64. The minimum atomic E-state index is 0.168. The fourth-order valence-electron chi connectivity index (χ4n) is 2.72. The van der Waals surface area contributed by atoms with Crippen LogP contribution in [-0.2, 0) is 12.8 Å². The molecule has 0 aliphatic rings. The highest BCUT2D eigenvalue weighted by molar-refractivity contribution is 5.55. The molecule has 26 heavy (non-hydrogen) atoms. The quantitative estimate of drug-likeness (QED) is 0.702. The molecule has 132 valence electrons. The Morgan fingerprint density at radius 2 is 1.96 bits per heavy atom. The van der Waals surface area contributed by atoms with Crippen molar-refractivity contribution in [2.75, 3.05) is 11.5 Å². The van der Waals surface area contributed by atoms with Crippen LogP contribution in [0.2, 0.25) is 0 Å². The van der Waals surface area contributed by atoms with E-state index in [2.05, 4.69) is 58.1 Å². The van der Waals surface area contributed by atoms with Gasteiger partial charge in [0.05, 0.1) is 35.3 Å². The summed E-state index contributed by atoms with van der Waals surface area (Å²) in [5.74, 6) is 6.59. The Bertz CT molecular complexity index is 1010. The molecule has 1 aromatic carbocycles. The smallest absolute Gasteiger partial charge is 0.222 e. The van der Waals surface area contributed by atoms with Crippen LogP contribution in [0, 0.1) is 25.7 Å². The number of hydrogen-bond acceptors (Lipinski definition) is 6. The molecule has 7 heteroatoms. The van der Waals surface area contributed by atoms with Gasteiger partial charge in [-0.3, -0.25) is 0 Å². The fourth-order valence-corrected chi connectivity index (χ4v) is 2.72. The lowest BCUT2D eigenvalue weighted by Crippen LogP contribution is -2.06. The molecule has 0 saturated heterocycles. The largest absolute Gasteiger partial charge is 0.382 e. The van der Waals surface area contributed by atoms with E-state index in [0.717, 1.165) is 22.6 Å².